The SMILES string of the molecule is Cc1c(Cl)cccc1C1(O)C[C@@H](C)N(Cc2ccccc2)[C@@H](C)C1. The van der Waals surface area contributed by atoms with Gasteiger partial charge in [0.05, 0.1) is 5.60 Å². The van der Waals surface area contributed by atoms with Crippen molar-refractivity contribution in [1.29, 1.82) is 0 Å². The molecule has 0 spiro atoms. The molecule has 1 heterocycles. The van der Waals surface area contributed by atoms with Crippen molar-refractivity contribution in [2.45, 2.75) is 57.8 Å². The zero-order valence-corrected chi connectivity index (χ0v) is 15.4. The number of aliphatic hydroxyl groups is 1. The van der Waals surface area contributed by atoms with Gasteiger partial charge >= 0.3 is 0 Å². The van der Waals surface area contributed by atoms with Crippen molar-refractivity contribution >= 4 is 11.6 Å². The molecular formula is C21H26ClNO. The predicted octanol–water partition coefficient (Wildman–Crippen LogP) is 4.91. The normalized spacial score (nSPS) is 28.0. The summed E-state index contributed by atoms with van der Waals surface area (Å²) in [5, 5.41) is 12.1. The maximum Gasteiger partial charge on any atom is 0.0929 e. The minimum absolute atomic E-state index is 0.303. The molecule has 0 amide bonds. The summed E-state index contributed by atoms with van der Waals surface area (Å²) in [6.07, 6.45) is 1.46. The smallest absolute Gasteiger partial charge is 0.0929 e. The van der Waals surface area contributed by atoms with Gasteiger partial charge in [-0.25, -0.2) is 0 Å². The van der Waals surface area contributed by atoms with E-state index in [0.29, 0.717) is 12.1 Å². The second-order valence-electron chi connectivity index (χ2n) is 7.21. The van der Waals surface area contributed by atoms with Gasteiger partial charge in [-0.3, -0.25) is 4.90 Å². The topological polar surface area (TPSA) is 23.5 Å². The van der Waals surface area contributed by atoms with Gasteiger partial charge in [-0.2, -0.15) is 0 Å². The minimum atomic E-state index is -0.805. The number of rotatable bonds is 3. The molecule has 2 aromatic carbocycles. The van der Waals surface area contributed by atoms with Crippen LogP contribution in [0.5, 0.6) is 0 Å². The van der Waals surface area contributed by atoms with Crippen LogP contribution in [-0.2, 0) is 12.1 Å². The Hall–Kier alpha value is -1.35. The molecule has 3 atom stereocenters. The maximum absolute atomic E-state index is 11.4. The molecule has 0 aromatic heterocycles. The number of halogens is 1. The van der Waals surface area contributed by atoms with Crippen LogP contribution in [0.15, 0.2) is 48.5 Å². The Morgan fingerprint density at radius 1 is 1.04 bits per heavy atom. The predicted molar refractivity (Wildman–Crippen MR) is 100 cm³/mol. The summed E-state index contributed by atoms with van der Waals surface area (Å²) in [4.78, 5) is 2.49. The molecule has 3 rings (SSSR count). The molecule has 0 saturated carbocycles. The Kier molecular flexibility index (Phi) is 5.00. The van der Waals surface area contributed by atoms with E-state index in [0.717, 1.165) is 35.5 Å². The van der Waals surface area contributed by atoms with Gasteiger partial charge in [0.15, 0.2) is 0 Å². The summed E-state index contributed by atoms with van der Waals surface area (Å²) in [6, 6.07) is 17.0. The van der Waals surface area contributed by atoms with Gasteiger partial charge in [-0.15, -0.1) is 0 Å². The molecule has 0 bridgehead atoms. The highest BCUT2D eigenvalue weighted by Crippen LogP contribution is 2.41. The zero-order valence-electron chi connectivity index (χ0n) is 14.7. The fraction of sp³-hybridized carbons (Fsp3) is 0.429. The number of piperidine rings is 1. The third kappa shape index (κ3) is 3.37. The lowest BCUT2D eigenvalue weighted by Gasteiger charge is -2.47. The van der Waals surface area contributed by atoms with Crippen molar-refractivity contribution in [3.63, 3.8) is 0 Å². The summed E-state index contributed by atoms with van der Waals surface area (Å²) in [5.41, 5.74) is 2.49. The van der Waals surface area contributed by atoms with E-state index in [2.05, 4.69) is 43.0 Å². The van der Waals surface area contributed by atoms with Crippen LogP contribution in [-0.4, -0.2) is 22.1 Å². The first-order valence-electron chi connectivity index (χ1n) is 8.68. The largest absolute Gasteiger partial charge is 0.385 e. The first-order valence-corrected chi connectivity index (χ1v) is 9.06. The monoisotopic (exact) mass is 343 g/mol. The van der Waals surface area contributed by atoms with Crippen LogP contribution in [0.1, 0.15) is 43.4 Å². The Labute approximate surface area is 150 Å². The van der Waals surface area contributed by atoms with E-state index in [1.165, 1.54) is 5.56 Å². The van der Waals surface area contributed by atoms with E-state index in [4.69, 9.17) is 11.6 Å². The van der Waals surface area contributed by atoms with Crippen molar-refractivity contribution in [2.24, 2.45) is 0 Å². The first kappa shape index (κ1) is 17.5. The fourth-order valence-corrected chi connectivity index (χ4v) is 4.34. The van der Waals surface area contributed by atoms with E-state index < -0.39 is 5.60 Å². The third-order valence-corrected chi connectivity index (χ3v) is 5.78. The maximum atomic E-state index is 11.4. The Morgan fingerprint density at radius 3 is 2.29 bits per heavy atom. The summed E-state index contributed by atoms with van der Waals surface area (Å²) in [6.45, 7) is 7.35. The number of hydrogen-bond donors (Lipinski definition) is 1. The molecule has 1 N–H and O–H groups in total. The Bertz CT molecular complexity index is 688. The number of hydrogen-bond acceptors (Lipinski definition) is 2. The van der Waals surface area contributed by atoms with Crippen LogP contribution in [0.25, 0.3) is 0 Å². The fourth-order valence-electron chi connectivity index (χ4n) is 4.17. The van der Waals surface area contributed by atoms with Crippen LogP contribution in [0.2, 0.25) is 5.02 Å². The molecule has 1 aliphatic rings. The highest BCUT2D eigenvalue weighted by atomic mass is 35.5. The van der Waals surface area contributed by atoms with Crippen molar-refractivity contribution in [3.8, 4) is 0 Å². The van der Waals surface area contributed by atoms with E-state index in [1.807, 2.05) is 31.2 Å². The minimum Gasteiger partial charge on any atom is -0.385 e. The number of benzene rings is 2. The van der Waals surface area contributed by atoms with Gasteiger partial charge in [-0.05, 0) is 56.4 Å². The van der Waals surface area contributed by atoms with Gasteiger partial charge < -0.3 is 5.11 Å². The van der Waals surface area contributed by atoms with Gasteiger partial charge in [0.25, 0.3) is 0 Å². The lowest BCUT2D eigenvalue weighted by Crippen LogP contribution is -2.52. The summed E-state index contributed by atoms with van der Waals surface area (Å²) in [7, 11) is 0. The van der Waals surface area contributed by atoms with Crippen LogP contribution in [0, 0.1) is 6.92 Å². The molecule has 24 heavy (non-hydrogen) atoms. The Balaban J connectivity index is 1.83. The van der Waals surface area contributed by atoms with E-state index in [-0.39, 0.29) is 0 Å². The zero-order chi connectivity index (χ0) is 17.3. The molecule has 128 valence electrons. The van der Waals surface area contributed by atoms with Crippen LogP contribution in [0.3, 0.4) is 0 Å². The highest BCUT2D eigenvalue weighted by molar-refractivity contribution is 6.31. The molecule has 1 unspecified atom stereocenters. The van der Waals surface area contributed by atoms with Crippen LogP contribution in [0.4, 0.5) is 0 Å². The van der Waals surface area contributed by atoms with Gasteiger partial charge in [0.2, 0.25) is 0 Å². The second-order valence-corrected chi connectivity index (χ2v) is 7.62. The van der Waals surface area contributed by atoms with Crippen LogP contribution >= 0.6 is 11.6 Å². The van der Waals surface area contributed by atoms with Gasteiger partial charge in [0, 0.05) is 23.7 Å². The molecule has 2 nitrogen and oxygen atoms in total. The van der Waals surface area contributed by atoms with Crippen molar-refractivity contribution in [2.75, 3.05) is 0 Å². The lowest BCUT2D eigenvalue weighted by atomic mass is 9.76. The van der Waals surface area contributed by atoms with Gasteiger partial charge in [-0.1, -0.05) is 54.1 Å². The summed E-state index contributed by atoms with van der Waals surface area (Å²) >= 11 is 6.28. The van der Waals surface area contributed by atoms with Crippen molar-refractivity contribution < 1.29 is 5.11 Å². The molecule has 1 fully saturated rings. The van der Waals surface area contributed by atoms with Crippen molar-refractivity contribution in [1.82, 2.24) is 4.90 Å². The third-order valence-electron chi connectivity index (χ3n) is 5.38. The molecule has 1 aliphatic heterocycles. The molecule has 2 aromatic rings. The standard InChI is InChI=1S/C21H26ClNO/c1-15-12-21(24,19-10-7-11-20(22)17(19)3)13-16(2)23(15)14-18-8-5-4-6-9-18/h4-11,15-16,24H,12-14H2,1-3H3/t15-,16+,21?. The average Bonchev–Trinajstić information content (AvgIpc) is 2.54. The Morgan fingerprint density at radius 2 is 1.67 bits per heavy atom. The molecule has 0 radical (unpaired) electrons. The summed E-state index contributed by atoms with van der Waals surface area (Å²) in [5.74, 6) is 0. The quantitative estimate of drug-likeness (QED) is 0.856. The van der Waals surface area contributed by atoms with E-state index in [9.17, 15) is 5.11 Å². The lowest BCUT2D eigenvalue weighted by molar-refractivity contribution is -0.0745. The molecule has 0 aliphatic carbocycles. The van der Waals surface area contributed by atoms with Crippen LogP contribution < -0.4 is 0 Å². The molecular weight excluding hydrogens is 318 g/mol. The van der Waals surface area contributed by atoms with Gasteiger partial charge in [0.1, 0.15) is 0 Å². The first-order chi connectivity index (χ1) is 11.4. The molecule has 3 heteroatoms. The van der Waals surface area contributed by atoms with E-state index >= 15 is 0 Å². The number of nitrogens with zero attached hydrogens (tertiary/aromatic N) is 1. The molecule has 1 saturated heterocycles. The average molecular weight is 344 g/mol. The summed E-state index contributed by atoms with van der Waals surface area (Å²) < 4.78 is 0. The second kappa shape index (κ2) is 6.87. The number of likely N-dealkylation sites (tertiary alicyclic amines) is 1. The van der Waals surface area contributed by atoms with E-state index in [1.54, 1.807) is 0 Å². The van der Waals surface area contributed by atoms with Crippen molar-refractivity contribution in [3.05, 3.63) is 70.2 Å². The highest BCUT2D eigenvalue weighted by Gasteiger charge is 2.42.